The quantitative estimate of drug-likeness (QED) is 0.679. The summed E-state index contributed by atoms with van der Waals surface area (Å²) in [6, 6.07) is 0. The summed E-state index contributed by atoms with van der Waals surface area (Å²) in [5.74, 6) is 0.843. The molecule has 0 aliphatic heterocycles. The van der Waals surface area contributed by atoms with E-state index >= 15 is 0 Å². The number of hydrogen-bond donors (Lipinski definition) is 1. The molecule has 0 aromatic carbocycles. The summed E-state index contributed by atoms with van der Waals surface area (Å²) in [6.07, 6.45) is 2.20. The van der Waals surface area contributed by atoms with Gasteiger partial charge in [-0.2, -0.15) is 0 Å². The van der Waals surface area contributed by atoms with Crippen LogP contribution in [0.1, 0.15) is 54.4 Å². The van der Waals surface area contributed by atoms with Crippen molar-refractivity contribution in [1.29, 1.82) is 0 Å². The molecule has 0 spiro atoms. The van der Waals surface area contributed by atoms with E-state index in [-0.39, 0.29) is 0 Å². The van der Waals surface area contributed by atoms with E-state index in [9.17, 15) is 0 Å². The van der Waals surface area contributed by atoms with E-state index in [0.717, 1.165) is 12.3 Å². The van der Waals surface area contributed by atoms with Crippen LogP contribution in [0.25, 0.3) is 0 Å². The highest BCUT2D eigenvalue weighted by molar-refractivity contribution is 4.62. The molecule has 0 aliphatic carbocycles. The highest BCUT2D eigenvalue weighted by Gasteiger charge is 2.11. The molecule has 12 heavy (non-hydrogen) atoms. The second kappa shape index (κ2) is 7.60. The van der Waals surface area contributed by atoms with Crippen LogP contribution in [0.5, 0.6) is 0 Å². The lowest BCUT2D eigenvalue weighted by Gasteiger charge is -2.19. The van der Waals surface area contributed by atoms with Crippen LogP contribution in [0, 0.1) is 11.3 Å². The van der Waals surface area contributed by atoms with Gasteiger partial charge in [0.15, 0.2) is 0 Å². The molecule has 0 radical (unpaired) electrons. The van der Waals surface area contributed by atoms with Crippen molar-refractivity contribution in [3.8, 4) is 0 Å². The van der Waals surface area contributed by atoms with Crippen molar-refractivity contribution < 1.29 is 5.11 Å². The van der Waals surface area contributed by atoms with E-state index in [1.807, 2.05) is 6.92 Å². The Morgan fingerprint density at radius 3 is 1.50 bits per heavy atom. The van der Waals surface area contributed by atoms with Crippen LogP contribution in [-0.2, 0) is 0 Å². The van der Waals surface area contributed by atoms with Gasteiger partial charge >= 0.3 is 0 Å². The van der Waals surface area contributed by atoms with E-state index in [1.54, 1.807) is 0 Å². The Kier molecular flexibility index (Phi) is 9.17. The van der Waals surface area contributed by atoms with Crippen LogP contribution in [-0.4, -0.2) is 11.7 Å². The van der Waals surface area contributed by atoms with E-state index in [2.05, 4.69) is 34.6 Å². The average Bonchev–Trinajstić information content (AvgIpc) is 1.83. The monoisotopic (exact) mass is 174 g/mol. The summed E-state index contributed by atoms with van der Waals surface area (Å²) in [7, 11) is 0. The Morgan fingerprint density at radius 1 is 1.17 bits per heavy atom. The first-order chi connectivity index (χ1) is 5.33. The fourth-order valence-electron chi connectivity index (χ4n) is 1.22. The molecule has 0 unspecified atom stereocenters. The van der Waals surface area contributed by atoms with Gasteiger partial charge in [0.05, 0.1) is 0 Å². The van der Waals surface area contributed by atoms with Crippen LogP contribution < -0.4 is 0 Å². The fraction of sp³-hybridized carbons (Fsp3) is 1.00. The molecule has 0 aromatic heterocycles. The minimum atomic E-state index is 0.319. The van der Waals surface area contributed by atoms with E-state index in [4.69, 9.17) is 5.11 Å². The second-order valence-corrected chi connectivity index (χ2v) is 4.88. The third kappa shape index (κ3) is 22.5. The molecule has 0 amide bonds. The molecule has 1 N–H and O–H groups in total. The summed E-state index contributed by atoms with van der Waals surface area (Å²) in [5.41, 5.74) is 0.522. The lowest BCUT2D eigenvalue weighted by Crippen LogP contribution is -2.08. The Morgan fingerprint density at radius 2 is 1.50 bits per heavy atom. The molecule has 0 heterocycles. The summed E-state index contributed by atoms with van der Waals surface area (Å²) in [4.78, 5) is 0. The first-order valence-corrected chi connectivity index (χ1v) is 4.94. The van der Waals surface area contributed by atoms with Gasteiger partial charge in [-0.1, -0.05) is 41.5 Å². The van der Waals surface area contributed by atoms with Crippen LogP contribution in [0.4, 0.5) is 0 Å². The predicted molar refractivity (Wildman–Crippen MR) is 56.3 cm³/mol. The summed E-state index contributed by atoms with van der Waals surface area (Å²) in [5, 5.41) is 7.88. The summed E-state index contributed by atoms with van der Waals surface area (Å²) < 4.78 is 0. The van der Waals surface area contributed by atoms with Gasteiger partial charge in [-0.15, -0.1) is 0 Å². The van der Waals surface area contributed by atoms with Gasteiger partial charge in [-0.3, -0.25) is 0 Å². The summed E-state index contributed by atoms with van der Waals surface area (Å²) >= 11 is 0. The van der Waals surface area contributed by atoms with Crippen LogP contribution in [0.3, 0.4) is 0 Å². The molecule has 1 heteroatoms. The number of aliphatic hydroxyl groups excluding tert-OH is 1. The molecule has 0 fully saturated rings. The number of rotatable bonds is 2. The van der Waals surface area contributed by atoms with Gasteiger partial charge in [0.2, 0.25) is 0 Å². The fourth-order valence-corrected chi connectivity index (χ4v) is 1.22. The molecule has 0 aromatic rings. The van der Waals surface area contributed by atoms with E-state index in [0.29, 0.717) is 12.0 Å². The highest BCUT2D eigenvalue weighted by atomic mass is 16.2. The zero-order valence-electron chi connectivity index (χ0n) is 9.65. The third-order valence-electron chi connectivity index (χ3n) is 1.24. The molecule has 1 nitrogen and oxygen atoms in total. The SMILES string of the molecule is CC(C)CC(C)(C)C.CCCO. The van der Waals surface area contributed by atoms with Crippen molar-refractivity contribution in [2.24, 2.45) is 11.3 Å². The maximum absolute atomic E-state index is 7.88. The van der Waals surface area contributed by atoms with Crippen molar-refractivity contribution in [2.45, 2.75) is 54.4 Å². The molecule has 0 aliphatic rings. The minimum absolute atomic E-state index is 0.319. The highest BCUT2D eigenvalue weighted by Crippen LogP contribution is 2.23. The van der Waals surface area contributed by atoms with Crippen LogP contribution in [0.15, 0.2) is 0 Å². The Bertz CT molecular complexity index is 77.5. The van der Waals surface area contributed by atoms with Gasteiger partial charge in [0.25, 0.3) is 0 Å². The zero-order chi connectivity index (χ0) is 10.2. The number of aliphatic hydroxyl groups is 1. The standard InChI is InChI=1S/C8H18.C3H8O/c1-7(2)6-8(3,4)5;1-2-3-4/h7H,6H2,1-5H3;4H,2-3H2,1H3. The average molecular weight is 174 g/mol. The normalized spacial score (nSPS) is 11.0. The molecule has 76 valence electrons. The molecule has 0 atom stereocenters. The predicted octanol–water partition coefficient (Wildman–Crippen LogP) is 3.47. The van der Waals surface area contributed by atoms with Crippen LogP contribution in [0.2, 0.25) is 0 Å². The molecule has 0 rings (SSSR count). The largest absolute Gasteiger partial charge is 0.396 e. The first-order valence-electron chi connectivity index (χ1n) is 4.94. The topological polar surface area (TPSA) is 20.2 Å². The van der Waals surface area contributed by atoms with Gasteiger partial charge in [-0.25, -0.2) is 0 Å². The van der Waals surface area contributed by atoms with Crippen molar-refractivity contribution in [1.82, 2.24) is 0 Å². The maximum atomic E-state index is 7.88. The lowest BCUT2D eigenvalue weighted by atomic mass is 9.86. The summed E-state index contributed by atoms with van der Waals surface area (Å²) in [6.45, 7) is 13.6. The van der Waals surface area contributed by atoms with Gasteiger partial charge in [-0.05, 0) is 24.2 Å². The second-order valence-electron chi connectivity index (χ2n) is 4.88. The number of hydrogen-bond acceptors (Lipinski definition) is 1. The smallest absolute Gasteiger partial charge is 0.0428 e. The molecular formula is C11H26O. The molecular weight excluding hydrogens is 148 g/mol. The molecule has 0 bridgehead atoms. The zero-order valence-corrected chi connectivity index (χ0v) is 9.65. The van der Waals surface area contributed by atoms with Crippen molar-refractivity contribution in [3.63, 3.8) is 0 Å². The Labute approximate surface area is 78.2 Å². The minimum Gasteiger partial charge on any atom is -0.396 e. The van der Waals surface area contributed by atoms with Gasteiger partial charge < -0.3 is 5.11 Å². The van der Waals surface area contributed by atoms with Crippen molar-refractivity contribution in [2.75, 3.05) is 6.61 Å². The third-order valence-corrected chi connectivity index (χ3v) is 1.24. The van der Waals surface area contributed by atoms with Gasteiger partial charge in [0, 0.05) is 6.61 Å². The molecule has 0 saturated heterocycles. The van der Waals surface area contributed by atoms with Crippen LogP contribution >= 0.6 is 0 Å². The van der Waals surface area contributed by atoms with E-state index < -0.39 is 0 Å². The molecule has 0 saturated carbocycles. The van der Waals surface area contributed by atoms with E-state index in [1.165, 1.54) is 6.42 Å². The Hall–Kier alpha value is -0.0400. The van der Waals surface area contributed by atoms with Crippen molar-refractivity contribution >= 4 is 0 Å². The Balaban J connectivity index is 0. The first kappa shape index (κ1) is 14.5. The lowest BCUT2D eigenvalue weighted by molar-refractivity contribution is 0.295. The maximum Gasteiger partial charge on any atom is 0.0428 e. The van der Waals surface area contributed by atoms with Crippen molar-refractivity contribution in [3.05, 3.63) is 0 Å². The van der Waals surface area contributed by atoms with Gasteiger partial charge in [0.1, 0.15) is 0 Å².